The van der Waals surface area contributed by atoms with E-state index < -0.39 is 43.4 Å². The van der Waals surface area contributed by atoms with E-state index in [1.165, 1.54) is 0 Å². The molecule has 0 spiro atoms. The number of carbonyl (C=O) groups is 1. The summed E-state index contributed by atoms with van der Waals surface area (Å²) < 4.78 is 18.6. The average Bonchev–Trinajstić information content (AvgIpc) is 2.54. The highest BCUT2D eigenvalue weighted by atomic mass is 32.1. The fourth-order valence-electron chi connectivity index (χ4n) is 3.37. The number of benzene rings is 1. The van der Waals surface area contributed by atoms with Crippen molar-refractivity contribution in [2.24, 2.45) is 5.41 Å². The fraction of sp³-hybridized carbons (Fsp3) is 0.667. The second kappa shape index (κ2) is 10.0. The minimum absolute atomic E-state index is 0.332. The monoisotopic (exact) mass is 467 g/mol. The molecule has 0 aliphatic heterocycles. The van der Waals surface area contributed by atoms with Gasteiger partial charge < -0.3 is 19.2 Å². The topological polar surface area (TPSA) is 56.8 Å². The number of hydrogen-bond donors (Lipinski definition) is 1. The third-order valence-electron chi connectivity index (χ3n) is 4.44. The molecule has 31 heavy (non-hydrogen) atoms. The zero-order valence-electron chi connectivity index (χ0n) is 21.1. The van der Waals surface area contributed by atoms with E-state index in [1.807, 2.05) is 71.9 Å². The molecule has 0 bridgehead atoms. The first-order valence-electron chi connectivity index (χ1n) is 10.8. The fourth-order valence-corrected chi connectivity index (χ4v) is 5.51. The van der Waals surface area contributed by atoms with Crippen LogP contribution < -0.4 is 5.32 Å². The van der Waals surface area contributed by atoms with Crippen molar-refractivity contribution < 1.29 is 18.7 Å². The lowest BCUT2D eigenvalue weighted by Crippen LogP contribution is -2.63. The smallest absolute Gasteiger partial charge is 0.408 e. The lowest BCUT2D eigenvalue weighted by Gasteiger charge is -2.51. The molecule has 0 aromatic heterocycles. The van der Waals surface area contributed by atoms with Gasteiger partial charge in [-0.05, 0) is 72.4 Å². The predicted octanol–water partition coefficient (Wildman–Crippen LogP) is 6.18. The first-order chi connectivity index (χ1) is 13.9. The maximum atomic E-state index is 12.9. The van der Waals surface area contributed by atoms with Crippen LogP contribution in [0.3, 0.4) is 0 Å². The van der Waals surface area contributed by atoms with Crippen molar-refractivity contribution in [2.45, 2.75) is 98.3 Å². The minimum Gasteiger partial charge on any atom is -0.479 e. The molecule has 1 aromatic carbocycles. The molecular weight excluding hydrogens is 426 g/mol. The summed E-state index contributed by atoms with van der Waals surface area (Å²) in [4.78, 5) is 12.9. The van der Waals surface area contributed by atoms with Gasteiger partial charge in [-0.1, -0.05) is 51.1 Å². The molecule has 0 aliphatic carbocycles. The Morgan fingerprint density at radius 3 is 1.77 bits per heavy atom. The highest BCUT2D eigenvalue weighted by Crippen LogP contribution is 2.46. The number of ether oxygens (including phenoxy) is 2. The summed E-state index contributed by atoms with van der Waals surface area (Å²) in [6.07, 6.45) is -0.525. The Morgan fingerprint density at radius 2 is 1.39 bits per heavy atom. The van der Waals surface area contributed by atoms with Gasteiger partial charge in [-0.15, -0.1) is 0 Å². The zero-order valence-corrected chi connectivity index (χ0v) is 23.1. The van der Waals surface area contributed by atoms with Gasteiger partial charge >= 0.3 is 6.09 Å². The molecule has 2 atom stereocenters. The van der Waals surface area contributed by atoms with Gasteiger partial charge in [0.25, 0.3) is 0 Å². The molecule has 7 heteroatoms. The third-order valence-corrected chi connectivity index (χ3v) is 5.67. The summed E-state index contributed by atoms with van der Waals surface area (Å²) in [5.74, 6) is 0. The van der Waals surface area contributed by atoms with Crippen molar-refractivity contribution in [1.82, 2.24) is 5.32 Å². The number of thiocarbonyl (C=S) groups is 1. The van der Waals surface area contributed by atoms with Crippen LogP contribution in [0, 0.1) is 5.41 Å². The van der Waals surface area contributed by atoms with Crippen LogP contribution in [-0.4, -0.2) is 37.0 Å². The second-order valence-corrected chi connectivity index (χ2v) is 13.8. The van der Waals surface area contributed by atoms with E-state index in [2.05, 4.69) is 39.2 Å². The molecule has 2 unspecified atom stereocenters. The molecule has 0 radical (unpaired) electrons. The molecule has 0 heterocycles. The Hall–Kier alpha value is -1.44. The molecule has 0 fully saturated rings. The van der Waals surface area contributed by atoms with E-state index in [1.54, 1.807) is 0 Å². The Morgan fingerprint density at radius 1 is 0.903 bits per heavy atom. The van der Waals surface area contributed by atoms with Gasteiger partial charge in [-0.25, -0.2) is 4.79 Å². The molecule has 176 valence electrons. The van der Waals surface area contributed by atoms with E-state index in [0.29, 0.717) is 5.05 Å². The molecule has 0 saturated heterocycles. The summed E-state index contributed by atoms with van der Waals surface area (Å²) in [5.41, 5.74) is -1.86. The quantitative estimate of drug-likeness (QED) is 0.400. The maximum Gasteiger partial charge on any atom is 0.408 e. The van der Waals surface area contributed by atoms with Gasteiger partial charge in [0.05, 0.1) is 6.04 Å². The standard InChI is InChI=1S/C24H41NO4SSi/c1-21(2,3)24(29-31(10)11,19(30)27-22(4,5)6)18(17-15-13-12-14-16-17)25-20(26)28-23(7,8)9/h12-16,18,31H,1-11H3,(H,25,26). The molecular formula is C24H41NO4SSi. The number of rotatable bonds is 6. The lowest BCUT2D eigenvalue weighted by atomic mass is 9.70. The van der Waals surface area contributed by atoms with Crippen molar-refractivity contribution in [3.8, 4) is 0 Å². The summed E-state index contributed by atoms with van der Waals surface area (Å²) in [7, 11) is -1.65. The SMILES string of the molecule is C[SiH](C)OC(C(=S)OC(C)(C)C)(C(NC(=O)OC(C)(C)C)c1ccccc1)C(C)(C)C. The van der Waals surface area contributed by atoms with Crippen LogP contribution in [0.25, 0.3) is 0 Å². The van der Waals surface area contributed by atoms with Crippen molar-refractivity contribution in [1.29, 1.82) is 0 Å². The predicted molar refractivity (Wildman–Crippen MR) is 134 cm³/mol. The summed E-state index contributed by atoms with van der Waals surface area (Å²) in [5, 5.41) is 3.41. The lowest BCUT2D eigenvalue weighted by molar-refractivity contribution is -0.0394. The largest absolute Gasteiger partial charge is 0.479 e. The average molecular weight is 468 g/mol. The Bertz CT molecular complexity index is 748. The van der Waals surface area contributed by atoms with Crippen molar-refractivity contribution in [3.05, 3.63) is 35.9 Å². The van der Waals surface area contributed by atoms with Crippen LogP contribution >= 0.6 is 12.2 Å². The molecule has 0 aliphatic rings. The zero-order chi connectivity index (χ0) is 24.3. The Labute approximate surface area is 196 Å². The molecule has 1 amide bonds. The van der Waals surface area contributed by atoms with Crippen molar-refractivity contribution in [2.75, 3.05) is 0 Å². The van der Waals surface area contributed by atoms with E-state index in [4.69, 9.17) is 26.1 Å². The molecule has 0 saturated carbocycles. The number of hydrogen-bond acceptors (Lipinski definition) is 5. The van der Waals surface area contributed by atoms with Crippen LogP contribution in [0.5, 0.6) is 0 Å². The molecule has 1 rings (SSSR count). The minimum atomic E-state index is -1.65. The van der Waals surface area contributed by atoms with Crippen LogP contribution in [-0.2, 0) is 13.9 Å². The number of carbonyl (C=O) groups excluding carboxylic acids is 1. The Kier molecular flexibility index (Phi) is 8.90. The van der Waals surface area contributed by atoms with E-state index in [-0.39, 0.29) is 0 Å². The molecule has 1 aromatic rings. The van der Waals surface area contributed by atoms with Crippen LogP contribution in [0.15, 0.2) is 30.3 Å². The van der Waals surface area contributed by atoms with Gasteiger partial charge in [0.2, 0.25) is 0 Å². The highest BCUT2D eigenvalue weighted by molar-refractivity contribution is 7.80. The Balaban J connectivity index is 3.73. The van der Waals surface area contributed by atoms with E-state index >= 15 is 0 Å². The second-order valence-electron chi connectivity index (χ2n) is 11.1. The summed E-state index contributed by atoms with van der Waals surface area (Å²) in [6.45, 7) is 21.8. The van der Waals surface area contributed by atoms with Gasteiger partial charge in [0.1, 0.15) is 11.2 Å². The first kappa shape index (κ1) is 27.6. The van der Waals surface area contributed by atoms with Crippen molar-refractivity contribution >= 4 is 32.4 Å². The highest BCUT2D eigenvalue weighted by Gasteiger charge is 2.56. The summed E-state index contributed by atoms with van der Waals surface area (Å²) in [6, 6.07) is 9.14. The molecule has 1 N–H and O–H groups in total. The first-order valence-corrected chi connectivity index (χ1v) is 14.0. The van der Waals surface area contributed by atoms with Crippen LogP contribution in [0.1, 0.15) is 73.9 Å². The maximum absolute atomic E-state index is 12.9. The van der Waals surface area contributed by atoms with E-state index in [0.717, 1.165) is 5.56 Å². The third kappa shape index (κ3) is 7.88. The van der Waals surface area contributed by atoms with Gasteiger partial charge in [0.15, 0.2) is 19.7 Å². The number of alkyl carbamates (subject to hydrolysis) is 1. The number of nitrogens with one attached hydrogen (secondary N) is 1. The van der Waals surface area contributed by atoms with E-state index in [9.17, 15) is 4.79 Å². The van der Waals surface area contributed by atoms with Crippen LogP contribution in [0.2, 0.25) is 13.1 Å². The van der Waals surface area contributed by atoms with Gasteiger partial charge in [0, 0.05) is 5.41 Å². The number of amides is 1. The van der Waals surface area contributed by atoms with Crippen LogP contribution in [0.4, 0.5) is 4.79 Å². The normalized spacial score (nSPS) is 15.7. The van der Waals surface area contributed by atoms with Gasteiger partial charge in [-0.3, -0.25) is 0 Å². The van der Waals surface area contributed by atoms with Crippen molar-refractivity contribution in [3.63, 3.8) is 0 Å². The van der Waals surface area contributed by atoms with Gasteiger partial charge in [-0.2, -0.15) is 0 Å². The molecule has 5 nitrogen and oxygen atoms in total. The summed E-state index contributed by atoms with van der Waals surface area (Å²) >= 11 is 5.92.